The van der Waals surface area contributed by atoms with Crippen molar-refractivity contribution in [2.24, 2.45) is 0 Å². The molecule has 82 valence electrons. The van der Waals surface area contributed by atoms with Gasteiger partial charge in [-0.3, -0.25) is 19.8 Å². The number of carbonyl (C=O) groups is 2. The van der Waals surface area contributed by atoms with E-state index in [4.69, 9.17) is 0 Å². The lowest BCUT2D eigenvalue weighted by Gasteiger charge is -2.36. The highest BCUT2D eigenvalue weighted by molar-refractivity contribution is 6.03. The Labute approximate surface area is 90.0 Å². The lowest BCUT2D eigenvalue weighted by atomic mass is 10.0. The fraction of sp³-hybridized carbons (Fsp3) is 0.636. The summed E-state index contributed by atoms with van der Waals surface area (Å²) in [6.45, 7) is 5.91. The SMILES string of the molecule is CC#CCCN1C(=O)CNC(C)(C)C1=O. The fourth-order valence-corrected chi connectivity index (χ4v) is 1.44. The van der Waals surface area contributed by atoms with Crippen LogP contribution >= 0.6 is 0 Å². The number of nitrogens with one attached hydrogen (secondary N) is 1. The van der Waals surface area contributed by atoms with E-state index < -0.39 is 5.54 Å². The molecule has 4 heteroatoms. The number of imide groups is 1. The van der Waals surface area contributed by atoms with Crippen LogP contribution in [0.2, 0.25) is 0 Å². The zero-order valence-electron chi connectivity index (χ0n) is 9.39. The lowest BCUT2D eigenvalue weighted by molar-refractivity contribution is -0.152. The van der Waals surface area contributed by atoms with Gasteiger partial charge in [0.25, 0.3) is 0 Å². The molecule has 0 radical (unpaired) electrons. The van der Waals surface area contributed by atoms with Gasteiger partial charge in [0.2, 0.25) is 11.8 Å². The van der Waals surface area contributed by atoms with Crippen molar-refractivity contribution >= 4 is 11.8 Å². The Morgan fingerprint density at radius 2 is 2.13 bits per heavy atom. The minimum atomic E-state index is -0.645. The third kappa shape index (κ3) is 2.57. The summed E-state index contributed by atoms with van der Waals surface area (Å²) in [6.07, 6.45) is 0.546. The molecule has 1 aliphatic rings. The number of piperazine rings is 1. The Morgan fingerprint density at radius 1 is 1.47 bits per heavy atom. The molecule has 1 aliphatic heterocycles. The molecule has 0 atom stereocenters. The number of hydrogen-bond acceptors (Lipinski definition) is 3. The number of hydrogen-bond donors (Lipinski definition) is 1. The molecule has 1 fully saturated rings. The minimum absolute atomic E-state index is 0.169. The third-order valence-corrected chi connectivity index (χ3v) is 2.40. The molecule has 2 amide bonds. The Morgan fingerprint density at radius 3 is 2.73 bits per heavy atom. The Bertz CT molecular complexity index is 336. The topological polar surface area (TPSA) is 49.4 Å². The molecular formula is C11H16N2O2. The first-order valence-electron chi connectivity index (χ1n) is 4.98. The summed E-state index contributed by atoms with van der Waals surface area (Å²) in [5.41, 5.74) is -0.645. The van der Waals surface area contributed by atoms with Crippen molar-refractivity contribution in [2.45, 2.75) is 32.7 Å². The Balaban J connectivity index is 2.69. The summed E-state index contributed by atoms with van der Waals surface area (Å²) in [6, 6.07) is 0. The van der Waals surface area contributed by atoms with Gasteiger partial charge in [-0.05, 0) is 20.8 Å². The van der Waals surface area contributed by atoms with Crippen LogP contribution in [0, 0.1) is 11.8 Å². The monoisotopic (exact) mass is 208 g/mol. The average Bonchev–Trinajstić information content (AvgIpc) is 2.18. The van der Waals surface area contributed by atoms with Crippen molar-refractivity contribution in [3.05, 3.63) is 0 Å². The quantitative estimate of drug-likeness (QED) is 0.518. The predicted octanol–water partition coefficient (Wildman–Crippen LogP) is 0.137. The molecule has 0 saturated carbocycles. The van der Waals surface area contributed by atoms with Gasteiger partial charge in [0.05, 0.1) is 12.1 Å². The van der Waals surface area contributed by atoms with E-state index in [2.05, 4.69) is 17.2 Å². The van der Waals surface area contributed by atoms with E-state index in [0.29, 0.717) is 13.0 Å². The molecule has 0 aromatic carbocycles. The van der Waals surface area contributed by atoms with E-state index in [1.807, 2.05) is 0 Å². The first-order valence-corrected chi connectivity index (χ1v) is 4.98. The van der Waals surface area contributed by atoms with Crippen molar-refractivity contribution < 1.29 is 9.59 Å². The van der Waals surface area contributed by atoms with Crippen molar-refractivity contribution in [1.29, 1.82) is 0 Å². The van der Waals surface area contributed by atoms with Gasteiger partial charge in [0, 0.05) is 13.0 Å². The fourth-order valence-electron chi connectivity index (χ4n) is 1.44. The van der Waals surface area contributed by atoms with Crippen molar-refractivity contribution in [1.82, 2.24) is 10.2 Å². The van der Waals surface area contributed by atoms with Crippen molar-refractivity contribution in [2.75, 3.05) is 13.1 Å². The first-order chi connectivity index (χ1) is 6.99. The molecule has 0 unspecified atom stereocenters. The Kier molecular flexibility index (Phi) is 3.48. The van der Waals surface area contributed by atoms with Crippen molar-refractivity contribution in [3.63, 3.8) is 0 Å². The zero-order valence-corrected chi connectivity index (χ0v) is 9.39. The minimum Gasteiger partial charge on any atom is -0.295 e. The molecular weight excluding hydrogens is 192 g/mol. The van der Waals surface area contributed by atoms with E-state index in [0.717, 1.165) is 0 Å². The zero-order chi connectivity index (χ0) is 11.5. The number of carbonyl (C=O) groups excluding carboxylic acids is 2. The molecule has 1 N–H and O–H groups in total. The van der Waals surface area contributed by atoms with Crippen LogP contribution in [-0.4, -0.2) is 35.3 Å². The maximum atomic E-state index is 11.8. The molecule has 0 aromatic heterocycles. The number of amides is 2. The maximum absolute atomic E-state index is 11.8. The average molecular weight is 208 g/mol. The van der Waals surface area contributed by atoms with E-state index >= 15 is 0 Å². The van der Waals surface area contributed by atoms with Gasteiger partial charge in [-0.2, -0.15) is 0 Å². The van der Waals surface area contributed by atoms with Crippen LogP contribution in [-0.2, 0) is 9.59 Å². The van der Waals surface area contributed by atoms with E-state index in [-0.39, 0.29) is 18.4 Å². The highest BCUT2D eigenvalue weighted by Gasteiger charge is 2.39. The number of nitrogens with zero attached hydrogens (tertiary/aromatic N) is 1. The highest BCUT2D eigenvalue weighted by atomic mass is 16.2. The summed E-state index contributed by atoms with van der Waals surface area (Å²) in [5.74, 6) is 5.25. The summed E-state index contributed by atoms with van der Waals surface area (Å²) in [7, 11) is 0. The summed E-state index contributed by atoms with van der Waals surface area (Å²) in [5, 5.41) is 2.90. The summed E-state index contributed by atoms with van der Waals surface area (Å²) in [4.78, 5) is 24.6. The van der Waals surface area contributed by atoms with Gasteiger partial charge >= 0.3 is 0 Å². The van der Waals surface area contributed by atoms with E-state index in [1.165, 1.54) is 4.90 Å². The molecule has 15 heavy (non-hydrogen) atoms. The van der Waals surface area contributed by atoms with Crippen LogP contribution in [0.1, 0.15) is 27.2 Å². The largest absolute Gasteiger partial charge is 0.295 e. The smallest absolute Gasteiger partial charge is 0.248 e. The second kappa shape index (κ2) is 4.45. The van der Waals surface area contributed by atoms with Gasteiger partial charge in [-0.25, -0.2) is 0 Å². The lowest BCUT2D eigenvalue weighted by Crippen LogP contribution is -2.63. The molecule has 0 spiro atoms. The van der Waals surface area contributed by atoms with E-state index in [9.17, 15) is 9.59 Å². The van der Waals surface area contributed by atoms with Gasteiger partial charge in [-0.1, -0.05) is 0 Å². The van der Waals surface area contributed by atoms with Gasteiger partial charge in [0.1, 0.15) is 0 Å². The third-order valence-electron chi connectivity index (χ3n) is 2.40. The summed E-state index contributed by atoms with van der Waals surface area (Å²) < 4.78 is 0. The van der Waals surface area contributed by atoms with Crippen LogP contribution in [0.3, 0.4) is 0 Å². The molecule has 1 rings (SSSR count). The second-order valence-electron chi connectivity index (χ2n) is 4.01. The van der Waals surface area contributed by atoms with Gasteiger partial charge < -0.3 is 0 Å². The normalized spacial score (nSPS) is 19.8. The molecule has 0 bridgehead atoms. The molecule has 0 aromatic rings. The second-order valence-corrected chi connectivity index (χ2v) is 4.01. The first kappa shape index (κ1) is 11.7. The summed E-state index contributed by atoms with van der Waals surface area (Å²) >= 11 is 0. The van der Waals surface area contributed by atoms with Gasteiger partial charge in [-0.15, -0.1) is 11.8 Å². The standard InChI is InChI=1S/C11H16N2O2/c1-4-5-6-7-13-9(14)8-12-11(2,3)10(13)15/h12H,6-8H2,1-3H3. The van der Waals surface area contributed by atoms with Crippen LogP contribution in [0.5, 0.6) is 0 Å². The Hall–Kier alpha value is -1.34. The van der Waals surface area contributed by atoms with Crippen LogP contribution < -0.4 is 5.32 Å². The van der Waals surface area contributed by atoms with Crippen LogP contribution in [0.4, 0.5) is 0 Å². The predicted molar refractivity (Wildman–Crippen MR) is 56.9 cm³/mol. The van der Waals surface area contributed by atoms with E-state index in [1.54, 1.807) is 20.8 Å². The van der Waals surface area contributed by atoms with Gasteiger partial charge in [0.15, 0.2) is 0 Å². The maximum Gasteiger partial charge on any atom is 0.248 e. The molecule has 1 saturated heterocycles. The van der Waals surface area contributed by atoms with Crippen molar-refractivity contribution in [3.8, 4) is 11.8 Å². The number of rotatable bonds is 2. The van der Waals surface area contributed by atoms with Crippen LogP contribution in [0.25, 0.3) is 0 Å². The molecule has 4 nitrogen and oxygen atoms in total. The highest BCUT2D eigenvalue weighted by Crippen LogP contribution is 2.13. The molecule has 1 heterocycles. The molecule has 0 aliphatic carbocycles. The van der Waals surface area contributed by atoms with Crippen LogP contribution in [0.15, 0.2) is 0 Å².